The van der Waals surface area contributed by atoms with Gasteiger partial charge in [-0.15, -0.1) is 0 Å². The van der Waals surface area contributed by atoms with Crippen molar-refractivity contribution in [3.05, 3.63) is 59.4 Å². The van der Waals surface area contributed by atoms with Gasteiger partial charge in [0, 0.05) is 6.07 Å². The van der Waals surface area contributed by atoms with Crippen LogP contribution in [0.25, 0.3) is 0 Å². The van der Waals surface area contributed by atoms with Gasteiger partial charge in [0.2, 0.25) is 5.91 Å². The van der Waals surface area contributed by atoms with Crippen LogP contribution < -0.4 is 10.6 Å². The zero-order chi connectivity index (χ0) is 16.3. The Morgan fingerprint density at radius 1 is 0.864 bits per heavy atom. The van der Waals surface area contributed by atoms with Gasteiger partial charge in [-0.1, -0.05) is 0 Å². The fourth-order valence-corrected chi connectivity index (χ4v) is 1.63. The number of anilines is 2. The number of halogens is 5. The Kier molecular flexibility index (Phi) is 4.59. The first-order valence-corrected chi connectivity index (χ1v) is 6.00. The Hall–Kier alpha value is -2.64. The number of rotatable bonds is 4. The summed E-state index contributed by atoms with van der Waals surface area (Å²) in [5.74, 6) is -7.16. The van der Waals surface area contributed by atoms with Crippen LogP contribution in [0.4, 0.5) is 33.3 Å². The highest BCUT2D eigenvalue weighted by molar-refractivity contribution is 5.93. The molecule has 0 radical (unpaired) electrons. The first-order chi connectivity index (χ1) is 10.4. The molecule has 0 atom stereocenters. The normalized spacial score (nSPS) is 10.4. The molecule has 2 aromatic carbocycles. The standard InChI is InChI=1S/C14H9F5N2O/c15-7-1-3-10(9(17)5-7)20-6-12(22)21-11-4-2-8(16)13(18)14(11)19/h1-5,20H,6H2,(H,21,22). The Morgan fingerprint density at radius 3 is 2.23 bits per heavy atom. The highest BCUT2D eigenvalue weighted by Crippen LogP contribution is 2.19. The minimum Gasteiger partial charge on any atom is -0.374 e. The lowest BCUT2D eigenvalue weighted by Gasteiger charge is -2.09. The highest BCUT2D eigenvalue weighted by Gasteiger charge is 2.15. The zero-order valence-corrected chi connectivity index (χ0v) is 10.9. The van der Waals surface area contributed by atoms with E-state index in [2.05, 4.69) is 5.32 Å². The summed E-state index contributed by atoms with van der Waals surface area (Å²) in [5, 5.41) is 4.36. The van der Waals surface area contributed by atoms with E-state index in [1.54, 1.807) is 0 Å². The molecule has 0 saturated carbocycles. The molecule has 0 heterocycles. The maximum absolute atomic E-state index is 13.3. The summed E-state index contributed by atoms with van der Waals surface area (Å²) in [6.45, 7) is -0.485. The van der Waals surface area contributed by atoms with Gasteiger partial charge in [0.25, 0.3) is 0 Å². The molecule has 8 heteroatoms. The summed E-state index contributed by atoms with van der Waals surface area (Å²) in [4.78, 5) is 11.6. The molecule has 0 saturated heterocycles. The lowest BCUT2D eigenvalue weighted by atomic mass is 10.2. The van der Waals surface area contributed by atoms with E-state index in [0.717, 1.165) is 18.2 Å². The third-order valence-electron chi connectivity index (χ3n) is 2.68. The second kappa shape index (κ2) is 6.42. The van der Waals surface area contributed by atoms with Crippen LogP contribution in [-0.2, 0) is 4.79 Å². The molecular weight excluding hydrogens is 307 g/mol. The van der Waals surface area contributed by atoms with Gasteiger partial charge in [0.05, 0.1) is 17.9 Å². The molecule has 22 heavy (non-hydrogen) atoms. The second-order valence-electron chi connectivity index (χ2n) is 4.25. The highest BCUT2D eigenvalue weighted by atomic mass is 19.2. The monoisotopic (exact) mass is 316 g/mol. The third kappa shape index (κ3) is 3.51. The van der Waals surface area contributed by atoms with Crippen LogP contribution in [-0.4, -0.2) is 12.5 Å². The Balaban J connectivity index is 2.00. The fraction of sp³-hybridized carbons (Fsp3) is 0.0714. The van der Waals surface area contributed by atoms with Gasteiger partial charge in [0.15, 0.2) is 17.5 Å². The first-order valence-electron chi connectivity index (χ1n) is 6.00. The lowest BCUT2D eigenvalue weighted by molar-refractivity contribution is -0.114. The molecule has 116 valence electrons. The van der Waals surface area contributed by atoms with Gasteiger partial charge in [-0.3, -0.25) is 4.79 Å². The second-order valence-corrected chi connectivity index (χ2v) is 4.25. The van der Waals surface area contributed by atoms with Gasteiger partial charge < -0.3 is 10.6 Å². The van der Waals surface area contributed by atoms with E-state index < -0.39 is 47.2 Å². The quantitative estimate of drug-likeness (QED) is 0.670. The lowest BCUT2D eigenvalue weighted by Crippen LogP contribution is -2.23. The van der Waals surface area contributed by atoms with Crippen molar-refractivity contribution in [2.45, 2.75) is 0 Å². The number of amides is 1. The Bertz CT molecular complexity index is 721. The van der Waals surface area contributed by atoms with Crippen molar-refractivity contribution < 1.29 is 26.7 Å². The van der Waals surface area contributed by atoms with Crippen molar-refractivity contribution >= 4 is 17.3 Å². The summed E-state index contributed by atoms with van der Waals surface area (Å²) in [6.07, 6.45) is 0. The van der Waals surface area contributed by atoms with Gasteiger partial charge in [0.1, 0.15) is 11.6 Å². The summed E-state index contributed by atoms with van der Waals surface area (Å²) < 4.78 is 65.1. The molecule has 2 N–H and O–H groups in total. The largest absolute Gasteiger partial charge is 0.374 e. The molecule has 0 aliphatic heterocycles. The van der Waals surface area contributed by atoms with Crippen molar-refractivity contribution in [1.82, 2.24) is 0 Å². The van der Waals surface area contributed by atoms with E-state index in [-0.39, 0.29) is 5.69 Å². The van der Waals surface area contributed by atoms with Crippen LogP contribution in [0.15, 0.2) is 30.3 Å². The topological polar surface area (TPSA) is 41.1 Å². The molecule has 0 fully saturated rings. The molecule has 2 aromatic rings. The van der Waals surface area contributed by atoms with Crippen molar-refractivity contribution in [3.8, 4) is 0 Å². The number of benzene rings is 2. The summed E-state index contributed by atoms with van der Waals surface area (Å²) in [7, 11) is 0. The smallest absolute Gasteiger partial charge is 0.243 e. The average molecular weight is 316 g/mol. The minimum absolute atomic E-state index is 0.137. The van der Waals surface area contributed by atoms with Crippen molar-refractivity contribution in [1.29, 1.82) is 0 Å². The molecule has 3 nitrogen and oxygen atoms in total. The molecule has 0 aromatic heterocycles. The van der Waals surface area contributed by atoms with E-state index in [9.17, 15) is 26.7 Å². The van der Waals surface area contributed by atoms with Crippen molar-refractivity contribution in [2.24, 2.45) is 0 Å². The number of hydrogen-bond acceptors (Lipinski definition) is 2. The van der Waals surface area contributed by atoms with E-state index in [1.165, 1.54) is 0 Å². The maximum Gasteiger partial charge on any atom is 0.243 e. The molecule has 0 aliphatic carbocycles. The molecule has 0 unspecified atom stereocenters. The zero-order valence-electron chi connectivity index (χ0n) is 10.9. The average Bonchev–Trinajstić information content (AvgIpc) is 2.47. The molecule has 0 aliphatic rings. The number of carbonyl (C=O) groups excluding carboxylic acids is 1. The fourth-order valence-electron chi connectivity index (χ4n) is 1.63. The van der Waals surface area contributed by atoms with Gasteiger partial charge >= 0.3 is 0 Å². The van der Waals surface area contributed by atoms with E-state index >= 15 is 0 Å². The van der Waals surface area contributed by atoms with E-state index in [0.29, 0.717) is 12.1 Å². The first kappa shape index (κ1) is 15.7. The molecule has 0 bridgehead atoms. The van der Waals surface area contributed by atoms with Crippen molar-refractivity contribution in [3.63, 3.8) is 0 Å². The maximum atomic E-state index is 13.3. The van der Waals surface area contributed by atoms with Crippen molar-refractivity contribution in [2.75, 3.05) is 17.2 Å². The number of nitrogens with one attached hydrogen (secondary N) is 2. The summed E-state index contributed by atoms with van der Waals surface area (Å²) >= 11 is 0. The van der Waals surface area contributed by atoms with E-state index in [4.69, 9.17) is 0 Å². The molecule has 2 rings (SSSR count). The molecule has 0 spiro atoms. The number of hydrogen-bond donors (Lipinski definition) is 2. The Labute approximate surface area is 121 Å². The van der Waals surface area contributed by atoms with Crippen LogP contribution in [0, 0.1) is 29.1 Å². The Morgan fingerprint density at radius 2 is 1.55 bits per heavy atom. The van der Waals surface area contributed by atoms with Crippen LogP contribution in [0.2, 0.25) is 0 Å². The number of carbonyl (C=O) groups is 1. The minimum atomic E-state index is -1.71. The molecule has 1 amide bonds. The SMILES string of the molecule is O=C(CNc1ccc(F)cc1F)Nc1ccc(F)c(F)c1F. The van der Waals surface area contributed by atoms with Crippen LogP contribution in [0.5, 0.6) is 0 Å². The predicted octanol–water partition coefficient (Wildman–Crippen LogP) is 3.43. The third-order valence-corrected chi connectivity index (χ3v) is 2.68. The van der Waals surface area contributed by atoms with E-state index in [1.807, 2.05) is 5.32 Å². The molecular formula is C14H9F5N2O. The predicted molar refractivity (Wildman–Crippen MR) is 69.8 cm³/mol. The van der Waals surface area contributed by atoms with Gasteiger partial charge in [-0.25, -0.2) is 22.0 Å². The van der Waals surface area contributed by atoms with Crippen LogP contribution in [0.1, 0.15) is 0 Å². The van der Waals surface area contributed by atoms with Crippen LogP contribution in [0.3, 0.4) is 0 Å². The van der Waals surface area contributed by atoms with Gasteiger partial charge in [-0.2, -0.15) is 0 Å². The van der Waals surface area contributed by atoms with Gasteiger partial charge in [-0.05, 0) is 24.3 Å². The summed E-state index contributed by atoms with van der Waals surface area (Å²) in [6, 6.07) is 4.19. The summed E-state index contributed by atoms with van der Waals surface area (Å²) in [5.41, 5.74) is -0.687. The van der Waals surface area contributed by atoms with Crippen LogP contribution >= 0.6 is 0 Å².